The molecule has 2 rings (SSSR count). The van der Waals surface area contributed by atoms with Gasteiger partial charge in [-0.05, 0) is 19.3 Å². The standard InChI is InChI=1S/C10H13F3N4O/c11-10(12,13)18-9-5-15-8(4-16-9)17-7-2-1-6(14)3-7/h4-7H,1-3,14H2,(H,15,17). The zero-order valence-corrected chi connectivity index (χ0v) is 9.44. The lowest BCUT2D eigenvalue weighted by Crippen LogP contribution is -2.21. The molecule has 1 saturated carbocycles. The Labute approximate surface area is 102 Å². The molecule has 1 aromatic rings. The van der Waals surface area contributed by atoms with Crippen LogP contribution in [-0.4, -0.2) is 28.4 Å². The van der Waals surface area contributed by atoms with Gasteiger partial charge in [-0.1, -0.05) is 0 Å². The quantitative estimate of drug-likeness (QED) is 0.866. The first-order valence-corrected chi connectivity index (χ1v) is 5.52. The second-order valence-electron chi connectivity index (χ2n) is 4.20. The molecule has 1 fully saturated rings. The third kappa shape index (κ3) is 3.73. The molecule has 0 bridgehead atoms. The number of rotatable bonds is 3. The van der Waals surface area contributed by atoms with Crippen LogP contribution in [0.3, 0.4) is 0 Å². The smallest absolute Gasteiger partial charge is 0.386 e. The second-order valence-corrected chi connectivity index (χ2v) is 4.20. The Kier molecular flexibility index (Phi) is 3.55. The molecular weight excluding hydrogens is 249 g/mol. The predicted octanol–water partition coefficient (Wildman–Crippen LogP) is 1.67. The van der Waals surface area contributed by atoms with Crippen LogP contribution in [0.5, 0.6) is 5.88 Å². The number of hydrogen-bond donors (Lipinski definition) is 2. The normalized spacial score (nSPS) is 24.0. The molecule has 1 heterocycles. The average molecular weight is 262 g/mol. The highest BCUT2D eigenvalue weighted by Gasteiger charge is 2.32. The van der Waals surface area contributed by atoms with Crippen LogP contribution in [0, 0.1) is 0 Å². The highest BCUT2D eigenvalue weighted by Crippen LogP contribution is 2.22. The molecule has 2 unspecified atom stereocenters. The van der Waals surface area contributed by atoms with E-state index in [1.165, 1.54) is 6.20 Å². The first-order chi connectivity index (χ1) is 8.42. The highest BCUT2D eigenvalue weighted by atomic mass is 19.4. The number of anilines is 1. The predicted molar refractivity (Wildman–Crippen MR) is 58.0 cm³/mol. The van der Waals surface area contributed by atoms with E-state index < -0.39 is 12.2 Å². The summed E-state index contributed by atoms with van der Waals surface area (Å²) in [4.78, 5) is 7.34. The molecule has 2 atom stereocenters. The number of alkyl halides is 3. The van der Waals surface area contributed by atoms with Crippen molar-refractivity contribution in [3.63, 3.8) is 0 Å². The maximum absolute atomic E-state index is 11.9. The fraction of sp³-hybridized carbons (Fsp3) is 0.600. The third-order valence-corrected chi connectivity index (χ3v) is 2.67. The zero-order valence-electron chi connectivity index (χ0n) is 9.44. The molecule has 1 aliphatic rings. The lowest BCUT2D eigenvalue weighted by Gasteiger charge is -2.13. The van der Waals surface area contributed by atoms with Crippen molar-refractivity contribution >= 4 is 5.82 Å². The molecule has 0 saturated heterocycles. The Morgan fingerprint density at radius 3 is 2.56 bits per heavy atom. The monoisotopic (exact) mass is 262 g/mol. The molecular formula is C10H13F3N4O. The molecule has 5 nitrogen and oxygen atoms in total. The topological polar surface area (TPSA) is 73.1 Å². The van der Waals surface area contributed by atoms with Crippen molar-refractivity contribution < 1.29 is 17.9 Å². The van der Waals surface area contributed by atoms with Crippen LogP contribution in [0.15, 0.2) is 12.4 Å². The van der Waals surface area contributed by atoms with Crippen LogP contribution in [0.2, 0.25) is 0 Å². The maximum Gasteiger partial charge on any atom is 0.574 e. The van der Waals surface area contributed by atoms with Crippen molar-refractivity contribution in [2.24, 2.45) is 5.73 Å². The summed E-state index contributed by atoms with van der Waals surface area (Å²) in [6.07, 6.45) is 0.0734. The van der Waals surface area contributed by atoms with Gasteiger partial charge in [0, 0.05) is 12.1 Å². The molecule has 1 aromatic heterocycles. The second kappa shape index (κ2) is 4.97. The summed E-state index contributed by atoms with van der Waals surface area (Å²) >= 11 is 0. The lowest BCUT2D eigenvalue weighted by atomic mass is 10.2. The van der Waals surface area contributed by atoms with Gasteiger partial charge in [-0.3, -0.25) is 0 Å². The summed E-state index contributed by atoms with van der Waals surface area (Å²) in [5.41, 5.74) is 5.75. The average Bonchev–Trinajstić information content (AvgIpc) is 2.65. The number of hydrogen-bond acceptors (Lipinski definition) is 5. The number of nitrogens with two attached hydrogens (primary N) is 1. The third-order valence-electron chi connectivity index (χ3n) is 2.67. The number of nitrogens with one attached hydrogen (secondary N) is 1. The van der Waals surface area contributed by atoms with Gasteiger partial charge in [0.2, 0.25) is 5.88 Å². The molecule has 0 radical (unpaired) electrons. The summed E-state index contributed by atoms with van der Waals surface area (Å²) in [7, 11) is 0. The minimum absolute atomic E-state index is 0.170. The number of aromatic nitrogens is 2. The maximum atomic E-state index is 11.9. The van der Waals surface area contributed by atoms with Gasteiger partial charge in [0.05, 0.1) is 12.4 Å². The van der Waals surface area contributed by atoms with E-state index >= 15 is 0 Å². The molecule has 8 heteroatoms. The Morgan fingerprint density at radius 1 is 1.28 bits per heavy atom. The minimum Gasteiger partial charge on any atom is -0.386 e. The van der Waals surface area contributed by atoms with Crippen LogP contribution >= 0.6 is 0 Å². The van der Waals surface area contributed by atoms with Crippen molar-refractivity contribution in [2.75, 3.05) is 5.32 Å². The van der Waals surface area contributed by atoms with Crippen molar-refractivity contribution in [3.05, 3.63) is 12.4 Å². The molecule has 100 valence electrons. The van der Waals surface area contributed by atoms with Gasteiger partial charge in [0.1, 0.15) is 5.82 Å². The van der Waals surface area contributed by atoms with Gasteiger partial charge in [-0.2, -0.15) is 0 Å². The van der Waals surface area contributed by atoms with Crippen molar-refractivity contribution in [3.8, 4) is 5.88 Å². The van der Waals surface area contributed by atoms with Gasteiger partial charge in [-0.25, -0.2) is 9.97 Å². The lowest BCUT2D eigenvalue weighted by molar-refractivity contribution is -0.276. The fourth-order valence-corrected chi connectivity index (χ4v) is 1.92. The molecule has 0 spiro atoms. The van der Waals surface area contributed by atoms with Crippen LogP contribution in [0.1, 0.15) is 19.3 Å². The molecule has 18 heavy (non-hydrogen) atoms. The van der Waals surface area contributed by atoms with Gasteiger partial charge in [0.15, 0.2) is 0 Å². The van der Waals surface area contributed by atoms with Crippen LogP contribution < -0.4 is 15.8 Å². The first kappa shape index (κ1) is 12.9. The summed E-state index contributed by atoms with van der Waals surface area (Å²) in [6.45, 7) is 0. The Bertz CT molecular complexity index is 395. The summed E-state index contributed by atoms with van der Waals surface area (Å²) in [5.74, 6) is -0.153. The summed E-state index contributed by atoms with van der Waals surface area (Å²) in [5, 5.41) is 3.07. The van der Waals surface area contributed by atoms with Crippen molar-refractivity contribution in [2.45, 2.75) is 37.7 Å². The van der Waals surface area contributed by atoms with Gasteiger partial charge in [0.25, 0.3) is 0 Å². The first-order valence-electron chi connectivity index (χ1n) is 5.52. The van der Waals surface area contributed by atoms with E-state index in [-0.39, 0.29) is 12.1 Å². The van der Waals surface area contributed by atoms with Crippen molar-refractivity contribution in [1.82, 2.24) is 9.97 Å². The highest BCUT2D eigenvalue weighted by molar-refractivity contribution is 5.33. The van der Waals surface area contributed by atoms with E-state index in [1.807, 2.05) is 0 Å². The van der Waals surface area contributed by atoms with E-state index in [1.54, 1.807) is 0 Å². The fourth-order valence-electron chi connectivity index (χ4n) is 1.92. The number of halogens is 3. The zero-order chi connectivity index (χ0) is 13.2. The van der Waals surface area contributed by atoms with Gasteiger partial charge < -0.3 is 15.8 Å². The number of ether oxygens (including phenoxy) is 1. The summed E-state index contributed by atoms with van der Waals surface area (Å²) in [6, 6.07) is 0.368. The van der Waals surface area contributed by atoms with Crippen LogP contribution in [0.4, 0.5) is 19.0 Å². The van der Waals surface area contributed by atoms with E-state index in [0.29, 0.717) is 5.82 Å². The van der Waals surface area contributed by atoms with E-state index in [4.69, 9.17) is 5.73 Å². The van der Waals surface area contributed by atoms with Gasteiger partial charge in [-0.15, -0.1) is 13.2 Å². The SMILES string of the molecule is NC1CCC(Nc2cnc(OC(F)(F)F)cn2)C1. The molecule has 1 aliphatic carbocycles. The summed E-state index contributed by atoms with van der Waals surface area (Å²) < 4.78 is 39.3. The van der Waals surface area contributed by atoms with Crippen LogP contribution in [-0.2, 0) is 0 Å². The molecule has 0 amide bonds. The van der Waals surface area contributed by atoms with Gasteiger partial charge >= 0.3 is 6.36 Å². The molecule has 3 N–H and O–H groups in total. The van der Waals surface area contributed by atoms with Crippen molar-refractivity contribution in [1.29, 1.82) is 0 Å². The Hall–Kier alpha value is -1.57. The largest absolute Gasteiger partial charge is 0.574 e. The molecule has 0 aromatic carbocycles. The molecule has 0 aliphatic heterocycles. The minimum atomic E-state index is -4.75. The Morgan fingerprint density at radius 2 is 2.06 bits per heavy atom. The van der Waals surface area contributed by atoms with E-state index in [2.05, 4.69) is 20.0 Å². The number of nitrogens with zero attached hydrogens (tertiary/aromatic N) is 2. The van der Waals surface area contributed by atoms with E-state index in [9.17, 15) is 13.2 Å². The van der Waals surface area contributed by atoms with E-state index in [0.717, 1.165) is 25.5 Å². The Balaban J connectivity index is 1.91. The van der Waals surface area contributed by atoms with Crippen LogP contribution in [0.25, 0.3) is 0 Å².